The second-order valence-corrected chi connectivity index (χ2v) is 28.2. The number of nitrogens with zero attached hydrogens (tertiary/aromatic N) is 8. The Kier molecular flexibility index (Phi) is 16.3. The van der Waals surface area contributed by atoms with Crippen molar-refractivity contribution in [2.75, 3.05) is 0 Å². The molecule has 8 heteroatoms. The van der Waals surface area contributed by atoms with Crippen LogP contribution in [0.1, 0.15) is 22.3 Å². The average Bonchev–Trinajstić information content (AvgIpc) is 1.56. The standard InChI is InChI=1S/C100H70N8/c1-63-22-17-34-71(52-63)75-40-48-91-85(57-75)86-58-76(72-35-18-23-64(2)53-72)41-49-92(86)107(91)81-44-46-83(89(61-81)99-103-95(67-26-9-5-10-27-67)101-96(104-99)68-28-11-6-12-29-68)79-38-21-39-80(56-79)84-47-45-82(62-90(84)100-105-97(69-30-13-7-14-31-69)102-98(106-100)70-32-15-8-16-33-70)108-93-50-42-77(73-36-19-24-65(3)54-73)59-87(93)88-60-78(43-51-94(88)108)74-37-20-25-66(4)55-74/h5-62H,1-4H3. The Morgan fingerprint density at radius 2 is 0.407 bits per heavy atom. The highest BCUT2D eigenvalue weighted by Crippen LogP contribution is 2.45. The molecule has 0 radical (unpaired) electrons. The summed E-state index contributed by atoms with van der Waals surface area (Å²) in [5.41, 5.74) is 29.4. The van der Waals surface area contributed by atoms with Gasteiger partial charge in [-0.15, -0.1) is 0 Å². The third-order valence-electron chi connectivity index (χ3n) is 20.8. The van der Waals surface area contributed by atoms with Gasteiger partial charge in [0.1, 0.15) is 0 Å². The van der Waals surface area contributed by atoms with E-state index in [4.69, 9.17) is 29.9 Å². The Labute approximate surface area is 627 Å². The maximum Gasteiger partial charge on any atom is 0.164 e. The molecule has 0 aliphatic rings. The van der Waals surface area contributed by atoms with Crippen LogP contribution in [0.4, 0.5) is 0 Å². The molecule has 0 N–H and O–H groups in total. The predicted octanol–water partition coefficient (Wildman–Crippen LogP) is 25.5. The van der Waals surface area contributed by atoms with Crippen LogP contribution >= 0.6 is 0 Å². The van der Waals surface area contributed by atoms with Gasteiger partial charge < -0.3 is 9.13 Å². The molecule has 0 fully saturated rings. The molecule has 510 valence electrons. The van der Waals surface area contributed by atoms with E-state index in [2.05, 4.69) is 316 Å². The minimum Gasteiger partial charge on any atom is -0.309 e. The van der Waals surface area contributed by atoms with Crippen molar-refractivity contribution >= 4 is 43.6 Å². The zero-order valence-corrected chi connectivity index (χ0v) is 60.1. The molecule has 0 aliphatic heterocycles. The fourth-order valence-electron chi connectivity index (χ4n) is 15.5. The van der Waals surface area contributed by atoms with Gasteiger partial charge in [0.25, 0.3) is 0 Å². The van der Waals surface area contributed by atoms with E-state index in [9.17, 15) is 0 Å². The minimum absolute atomic E-state index is 0.537. The summed E-state index contributed by atoms with van der Waals surface area (Å²) >= 11 is 0. The summed E-state index contributed by atoms with van der Waals surface area (Å²) in [5, 5.41) is 4.61. The van der Waals surface area contributed by atoms with Crippen LogP contribution < -0.4 is 0 Å². The van der Waals surface area contributed by atoms with Crippen molar-refractivity contribution in [3.63, 3.8) is 0 Å². The molecule has 15 aromatic carbocycles. The van der Waals surface area contributed by atoms with Crippen LogP contribution in [-0.4, -0.2) is 39.0 Å². The maximum atomic E-state index is 5.51. The van der Waals surface area contributed by atoms with E-state index in [1.165, 1.54) is 44.5 Å². The van der Waals surface area contributed by atoms with Crippen LogP contribution in [-0.2, 0) is 0 Å². The highest BCUT2D eigenvalue weighted by Gasteiger charge is 2.25. The highest BCUT2D eigenvalue weighted by molar-refractivity contribution is 6.13. The van der Waals surface area contributed by atoms with Gasteiger partial charge in [0.15, 0.2) is 34.9 Å². The molecule has 0 unspecified atom stereocenters. The second kappa shape index (κ2) is 27.2. The first-order valence-corrected chi connectivity index (χ1v) is 36.7. The molecular formula is C100H70N8. The monoisotopic (exact) mass is 1380 g/mol. The van der Waals surface area contributed by atoms with Gasteiger partial charge in [0.2, 0.25) is 0 Å². The number of rotatable bonds is 14. The molecule has 0 aliphatic carbocycles. The van der Waals surface area contributed by atoms with Gasteiger partial charge in [-0.05, 0) is 173 Å². The molecule has 108 heavy (non-hydrogen) atoms. The average molecular weight is 1380 g/mol. The second-order valence-electron chi connectivity index (χ2n) is 28.2. The lowest BCUT2D eigenvalue weighted by atomic mass is 9.92. The molecule has 0 spiro atoms. The molecule has 8 nitrogen and oxygen atoms in total. The molecule has 0 saturated carbocycles. The van der Waals surface area contributed by atoms with Gasteiger partial charge in [-0.2, -0.15) is 0 Å². The number of benzene rings is 15. The Morgan fingerprint density at radius 3 is 0.685 bits per heavy atom. The molecule has 0 atom stereocenters. The fourth-order valence-corrected chi connectivity index (χ4v) is 15.5. The van der Waals surface area contributed by atoms with E-state index in [1.54, 1.807) is 0 Å². The summed E-state index contributed by atoms with van der Waals surface area (Å²) in [5.74, 6) is 3.36. The van der Waals surface area contributed by atoms with Crippen molar-refractivity contribution in [1.82, 2.24) is 39.0 Å². The number of aromatic nitrogens is 8. The lowest BCUT2D eigenvalue weighted by Crippen LogP contribution is -2.03. The Balaban J connectivity index is 0.842. The van der Waals surface area contributed by atoms with Crippen LogP contribution in [0.15, 0.2) is 352 Å². The molecule has 0 amide bonds. The lowest BCUT2D eigenvalue weighted by molar-refractivity contribution is 1.07. The number of hydrogen-bond acceptors (Lipinski definition) is 6. The zero-order chi connectivity index (χ0) is 72.3. The van der Waals surface area contributed by atoms with Gasteiger partial charge in [-0.25, -0.2) is 29.9 Å². The summed E-state index contributed by atoms with van der Waals surface area (Å²) in [6.07, 6.45) is 0. The normalized spacial score (nSPS) is 11.5. The number of aryl methyl sites for hydroxylation is 4. The first-order chi connectivity index (χ1) is 53.1. The molecule has 4 aromatic heterocycles. The van der Waals surface area contributed by atoms with Crippen molar-refractivity contribution in [2.45, 2.75) is 27.7 Å². The summed E-state index contributed by atoms with van der Waals surface area (Å²) in [6.45, 7) is 8.63. The molecular weight excluding hydrogens is 1310 g/mol. The Hall–Kier alpha value is -14.1. The van der Waals surface area contributed by atoms with Crippen molar-refractivity contribution in [3.05, 3.63) is 374 Å². The predicted molar refractivity (Wildman–Crippen MR) is 446 cm³/mol. The van der Waals surface area contributed by atoms with Crippen molar-refractivity contribution in [1.29, 1.82) is 0 Å². The highest BCUT2D eigenvalue weighted by atomic mass is 15.1. The lowest BCUT2D eigenvalue weighted by Gasteiger charge is -2.18. The molecule has 19 rings (SSSR count). The summed E-state index contributed by atoms with van der Waals surface area (Å²) in [6, 6.07) is 126. The summed E-state index contributed by atoms with van der Waals surface area (Å²) < 4.78 is 4.82. The topological polar surface area (TPSA) is 87.2 Å². The van der Waals surface area contributed by atoms with E-state index in [1.807, 2.05) is 72.8 Å². The first kappa shape index (κ1) is 64.7. The van der Waals surface area contributed by atoms with Crippen LogP contribution in [0.25, 0.3) is 190 Å². The maximum absolute atomic E-state index is 5.51. The molecule has 0 bridgehead atoms. The van der Waals surface area contributed by atoms with Crippen molar-refractivity contribution in [2.24, 2.45) is 0 Å². The van der Waals surface area contributed by atoms with Gasteiger partial charge in [0.05, 0.1) is 22.1 Å². The number of hydrogen-bond donors (Lipinski definition) is 0. The van der Waals surface area contributed by atoms with Gasteiger partial charge >= 0.3 is 0 Å². The van der Waals surface area contributed by atoms with Crippen LogP contribution in [0, 0.1) is 27.7 Å². The summed E-state index contributed by atoms with van der Waals surface area (Å²) in [4.78, 5) is 32.5. The van der Waals surface area contributed by atoms with Crippen LogP contribution in [0.5, 0.6) is 0 Å². The SMILES string of the molecule is Cc1cccc(-c2ccc3c(c2)c2cc(-c4cccc(C)c4)ccc2n3-c2ccc(-c3cccc(-c4ccc(-n5c6ccc(-c7cccc(C)c7)cc6c6cc(-c7cccc(C)c7)ccc65)cc4-c4nc(-c5ccccc5)nc(-c5ccccc5)n4)c3)c(-c3nc(-c4ccccc4)nc(-c4ccccc4)n3)c2)c1. The Bertz CT molecular complexity index is 5990. The van der Waals surface area contributed by atoms with Crippen molar-refractivity contribution < 1.29 is 0 Å². The fraction of sp³-hybridized carbons (Fsp3) is 0.0400. The molecule has 19 aromatic rings. The van der Waals surface area contributed by atoms with E-state index in [-0.39, 0.29) is 0 Å². The van der Waals surface area contributed by atoms with Gasteiger partial charge in [0, 0.05) is 66.3 Å². The van der Waals surface area contributed by atoms with Crippen LogP contribution in [0.2, 0.25) is 0 Å². The quantitative estimate of drug-likeness (QED) is 0.108. The van der Waals surface area contributed by atoms with Crippen LogP contribution in [0.3, 0.4) is 0 Å². The smallest absolute Gasteiger partial charge is 0.164 e. The minimum atomic E-state index is 0.537. The third kappa shape index (κ3) is 12.2. The largest absolute Gasteiger partial charge is 0.309 e. The molecule has 0 saturated heterocycles. The zero-order valence-electron chi connectivity index (χ0n) is 60.1. The molecule has 4 heterocycles. The van der Waals surface area contributed by atoms with Gasteiger partial charge in [-0.1, -0.05) is 295 Å². The van der Waals surface area contributed by atoms with E-state index in [0.717, 1.165) is 133 Å². The Morgan fingerprint density at radius 1 is 0.167 bits per heavy atom. The number of fused-ring (bicyclic) bond motifs is 6. The van der Waals surface area contributed by atoms with Crippen molar-refractivity contribution in [3.8, 4) is 146 Å². The van der Waals surface area contributed by atoms with E-state index < -0.39 is 0 Å². The van der Waals surface area contributed by atoms with E-state index >= 15 is 0 Å². The first-order valence-electron chi connectivity index (χ1n) is 36.7. The van der Waals surface area contributed by atoms with Gasteiger partial charge in [-0.3, -0.25) is 0 Å². The summed E-state index contributed by atoms with van der Waals surface area (Å²) in [7, 11) is 0. The third-order valence-corrected chi connectivity index (χ3v) is 20.8. The van der Waals surface area contributed by atoms with E-state index in [0.29, 0.717) is 34.9 Å².